The molecule has 1 unspecified atom stereocenters. The highest BCUT2D eigenvalue weighted by atomic mass is 32.1. The molecule has 3 rings (SSSR count). The SMILES string of the molecule is O=C1CC(C(=O)O)C2(CCN(C(=O)NCc3cccs3)CC2)N1. The molecule has 2 saturated heterocycles. The van der Waals surface area contributed by atoms with E-state index in [1.807, 2.05) is 17.5 Å². The van der Waals surface area contributed by atoms with Crippen molar-refractivity contribution < 1.29 is 19.5 Å². The van der Waals surface area contributed by atoms with Gasteiger partial charge in [0.15, 0.2) is 0 Å². The number of hydrogen-bond acceptors (Lipinski definition) is 4. The molecule has 7 nitrogen and oxygen atoms in total. The highest BCUT2D eigenvalue weighted by molar-refractivity contribution is 7.09. The molecule has 0 bridgehead atoms. The molecule has 2 aliphatic heterocycles. The summed E-state index contributed by atoms with van der Waals surface area (Å²) in [5, 5.41) is 17.0. The van der Waals surface area contributed by atoms with Gasteiger partial charge in [-0.1, -0.05) is 6.07 Å². The second-order valence-corrected chi connectivity index (χ2v) is 7.06. The largest absolute Gasteiger partial charge is 0.481 e. The topological polar surface area (TPSA) is 98.7 Å². The van der Waals surface area contributed by atoms with Crippen molar-refractivity contribution in [1.29, 1.82) is 0 Å². The maximum atomic E-state index is 12.2. The van der Waals surface area contributed by atoms with Gasteiger partial charge < -0.3 is 20.6 Å². The van der Waals surface area contributed by atoms with Crippen LogP contribution in [0.5, 0.6) is 0 Å². The normalized spacial score (nSPS) is 22.9. The Bertz CT molecular complexity index is 608. The van der Waals surface area contributed by atoms with E-state index < -0.39 is 17.4 Å². The van der Waals surface area contributed by atoms with Crippen molar-refractivity contribution in [3.63, 3.8) is 0 Å². The smallest absolute Gasteiger partial charge is 0.317 e. The number of urea groups is 1. The standard InChI is InChI=1S/C15H19N3O4S/c19-12-8-11(13(20)21)15(17-12)3-5-18(6-4-15)14(22)16-9-10-2-1-7-23-10/h1-2,7,11H,3-6,8-9H2,(H,16,22)(H,17,19)(H,20,21). The maximum Gasteiger partial charge on any atom is 0.317 e. The first-order valence-electron chi connectivity index (χ1n) is 7.59. The molecule has 1 aromatic heterocycles. The number of nitrogens with zero attached hydrogens (tertiary/aromatic N) is 1. The van der Waals surface area contributed by atoms with Crippen molar-refractivity contribution in [1.82, 2.24) is 15.5 Å². The van der Waals surface area contributed by atoms with E-state index in [1.165, 1.54) is 0 Å². The molecule has 1 atom stereocenters. The van der Waals surface area contributed by atoms with Crippen LogP contribution in [0.3, 0.4) is 0 Å². The number of likely N-dealkylation sites (tertiary alicyclic amines) is 1. The summed E-state index contributed by atoms with van der Waals surface area (Å²) < 4.78 is 0. The molecule has 3 heterocycles. The summed E-state index contributed by atoms with van der Waals surface area (Å²) in [7, 11) is 0. The van der Waals surface area contributed by atoms with Crippen LogP contribution in [0, 0.1) is 5.92 Å². The fourth-order valence-corrected chi connectivity index (χ4v) is 4.03. The van der Waals surface area contributed by atoms with Crippen molar-refractivity contribution in [2.24, 2.45) is 5.92 Å². The van der Waals surface area contributed by atoms with E-state index in [4.69, 9.17) is 0 Å². The fourth-order valence-electron chi connectivity index (χ4n) is 3.39. The van der Waals surface area contributed by atoms with Gasteiger partial charge in [0, 0.05) is 24.4 Å². The van der Waals surface area contributed by atoms with E-state index in [9.17, 15) is 19.5 Å². The van der Waals surface area contributed by atoms with E-state index in [-0.39, 0.29) is 18.4 Å². The number of carbonyl (C=O) groups excluding carboxylic acids is 2. The van der Waals surface area contributed by atoms with Crippen LogP contribution < -0.4 is 10.6 Å². The minimum absolute atomic E-state index is 0.0277. The first kappa shape index (κ1) is 15.8. The van der Waals surface area contributed by atoms with E-state index in [1.54, 1.807) is 16.2 Å². The zero-order valence-corrected chi connectivity index (χ0v) is 13.4. The molecule has 2 fully saturated rings. The van der Waals surface area contributed by atoms with E-state index in [0.29, 0.717) is 32.5 Å². The number of carboxylic acids is 1. The summed E-state index contributed by atoms with van der Waals surface area (Å²) in [5.74, 6) is -1.86. The van der Waals surface area contributed by atoms with Gasteiger partial charge in [-0.15, -0.1) is 11.3 Å². The third-order valence-corrected chi connectivity index (χ3v) is 5.56. The lowest BCUT2D eigenvalue weighted by molar-refractivity contribution is -0.144. The quantitative estimate of drug-likeness (QED) is 0.767. The van der Waals surface area contributed by atoms with Crippen LogP contribution in [0.4, 0.5) is 4.79 Å². The van der Waals surface area contributed by atoms with Gasteiger partial charge >= 0.3 is 12.0 Å². The summed E-state index contributed by atoms with van der Waals surface area (Å²) >= 11 is 1.58. The van der Waals surface area contributed by atoms with Crippen molar-refractivity contribution in [2.75, 3.05) is 13.1 Å². The van der Waals surface area contributed by atoms with E-state index in [2.05, 4.69) is 10.6 Å². The molecular weight excluding hydrogens is 318 g/mol. The molecule has 23 heavy (non-hydrogen) atoms. The van der Waals surface area contributed by atoms with Gasteiger partial charge in [-0.2, -0.15) is 0 Å². The Morgan fingerprint density at radius 1 is 1.43 bits per heavy atom. The Morgan fingerprint density at radius 2 is 2.17 bits per heavy atom. The molecule has 1 spiro atoms. The van der Waals surface area contributed by atoms with Gasteiger partial charge in [0.1, 0.15) is 0 Å². The van der Waals surface area contributed by atoms with Crippen LogP contribution in [0.15, 0.2) is 17.5 Å². The van der Waals surface area contributed by atoms with Crippen LogP contribution in [0.25, 0.3) is 0 Å². The Kier molecular flexibility index (Phi) is 4.25. The second kappa shape index (κ2) is 6.19. The number of aliphatic carboxylic acids is 1. The van der Waals surface area contributed by atoms with Gasteiger partial charge in [-0.25, -0.2) is 4.79 Å². The molecule has 0 aromatic carbocycles. The highest BCUT2D eigenvalue weighted by Gasteiger charge is 2.51. The number of hydrogen-bond donors (Lipinski definition) is 3. The highest BCUT2D eigenvalue weighted by Crippen LogP contribution is 2.36. The van der Waals surface area contributed by atoms with Crippen molar-refractivity contribution >= 4 is 29.2 Å². The third kappa shape index (κ3) is 3.17. The minimum Gasteiger partial charge on any atom is -0.481 e. The van der Waals surface area contributed by atoms with Crippen LogP contribution in [0.2, 0.25) is 0 Å². The first-order valence-corrected chi connectivity index (χ1v) is 8.47. The molecule has 0 saturated carbocycles. The molecule has 3 amide bonds. The summed E-state index contributed by atoms with van der Waals surface area (Å²) in [4.78, 5) is 38.0. The number of rotatable bonds is 3. The second-order valence-electron chi connectivity index (χ2n) is 6.02. The van der Waals surface area contributed by atoms with Crippen molar-refractivity contribution in [2.45, 2.75) is 31.3 Å². The maximum absolute atomic E-state index is 12.2. The number of thiophene rings is 1. The van der Waals surface area contributed by atoms with Crippen LogP contribution >= 0.6 is 11.3 Å². The number of nitrogens with one attached hydrogen (secondary N) is 2. The number of carboxylic acid groups (broad SMARTS) is 1. The van der Waals surface area contributed by atoms with Gasteiger partial charge in [0.25, 0.3) is 0 Å². The molecule has 0 aliphatic carbocycles. The number of amides is 3. The monoisotopic (exact) mass is 337 g/mol. The first-order chi connectivity index (χ1) is 11.0. The molecule has 2 aliphatic rings. The average Bonchev–Trinajstić information content (AvgIpc) is 3.14. The van der Waals surface area contributed by atoms with Gasteiger partial charge in [0.2, 0.25) is 5.91 Å². The zero-order chi connectivity index (χ0) is 16.4. The van der Waals surface area contributed by atoms with Gasteiger partial charge in [0.05, 0.1) is 18.0 Å². The number of carbonyl (C=O) groups is 3. The zero-order valence-electron chi connectivity index (χ0n) is 12.6. The predicted octanol–water partition coefficient (Wildman–Crippen LogP) is 1.01. The summed E-state index contributed by atoms with van der Waals surface area (Å²) in [5.41, 5.74) is -0.701. The minimum atomic E-state index is -0.945. The molecule has 3 N–H and O–H groups in total. The molecule has 124 valence electrons. The number of piperidine rings is 1. The lowest BCUT2D eigenvalue weighted by Crippen LogP contribution is -2.57. The Morgan fingerprint density at radius 3 is 2.78 bits per heavy atom. The Labute approximate surface area is 137 Å². The average molecular weight is 337 g/mol. The van der Waals surface area contributed by atoms with Gasteiger partial charge in [-0.05, 0) is 24.3 Å². The summed E-state index contributed by atoms with van der Waals surface area (Å²) in [6.07, 6.45) is 0.976. The van der Waals surface area contributed by atoms with Crippen molar-refractivity contribution in [3.05, 3.63) is 22.4 Å². The van der Waals surface area contributed by atoms with Crippen LogP contribution in [-0.2, 0) is 16.1 Å². The van der Waals surface area contributed by atoms with Crippen molar-refractivity contribution in [3.8, 4) is 0 Å². The summed E-state index contributed by atoms with van der Waals surface area (Å²) in [6, 6.07) is 3.75. The lowest BCUT2D eigenvalue weighted by atomic mass is 9.78. The molecule has 1 aromatic rings. The molecular formula is C15H19N3O4S. The molecule has 0 radical (unpaired) electrons. The van der Waals surface area contributed by atoms with E-state index >= 15 is 0 Å². The van der Waals surface area contributed by atoms with Crippen LogP contribution in [-0.4, -0.2) is 46.5 Å². The Balaban J connectivity index is 1.56. The predicted molar refractivity (Wildman–Crippen MR) is 84.0 cm³/mol. The fraction of sp³-hybridized carbons (Fsp3) is 0.533. The summed E-state index contributed by atoms with van der Waals surface area (Å²) in [6.45, 7) is 1.38. The third-order valence-electron chi connectivity index (χ3n) is 4.68. The lowest BCUT2D eigenvalue weighted by Gasteiger charge is -2.41. The molecule has 8 heteroatoms. The Hall–Kier alpha value is -2.09. The van der Waals surface area contributed by atoms with Gasteiger partial charge in [-0.3, -0.25) is 9.59 Å². The van der Waals surface area contributed by atoms with Crippen LogP contribution in [0.1, 0.15) is 24.1 Å². The van der Waals surface area contributed by atoms with E-state index in [0.717, 1.165) is 4.88 Å².